The van der Waals surface area contributed by atoms with Gasteiger partial charge in [0, 0.05) is 29.5 Å². The van der Waals surface area contributed by atoms with Gasteiger partial charge in [0.1, 0.15) is 19.3 Å². The molecular weight excluding hydrogens is 654 g/mol. The van der Waals surface area contributed by atoms with Gasteiger partial charge in [0.25, 0.3) is 0 Å². The number of rotatable bonds is 8. The van der Waals surface area contributed by atoms with Crippen LogP contribution in [0.4, 0.5) is 4.39 Å². The van der Waals surface area contributed by atoms with Gasteiger partial charge in [0.05, 0.1) is 11.6 Å². The van der Waals surface area contributed by atoms with Crippen molar-refractivity contribution in [2.75, 3.05) is 19.8 Å². The Morgan fingerprint density at radius 2 is 1.81 bits per heavy atom. The Labute approximate surface area is 291 Å². The molecule has 0 saturated heterocycles. The molecule has 7 nitrogen and oxygen atoms in total. The second kappa shape index (κ2) is 16.6. The van der Waals surface area contributed by atoms with Crippen LogP contribution in [0.2, 0.25) is 10.0 Å². The van der Waals surface area contributed by atoms with Crippen LogP contribution >= 0.6 is 23.2 Å². The highest BCUT2D eigenvalue weighted by Gasteiger charge is 2.24. The molecule has 0 radical (unpaired) electrons. The van der Waals surface area contributed by atoms with Crippen LogP contribution in [0.25, 0.3) is 11.1 Å². The van der Waals surface area contributed by atoms with Crippen molar-refractivity contribution >= 4 is 29.2 Å². The molecule has 1 saturated carbocycles. The monoisotopic (exact) mass is 694 g/mol. The number of aromatic nitrogens is 1. The van der Waals surface area contributed by atoms with E-state index in [1.54, 1.807) is 18.3 Å². The van der Waals surface area contributed by atoms with Crippen molar-refractivity contribution in [3.8, 4) is 22.6 Å². The Balaban J connectivity index is 0.000000147. The van der Waals surface area contributed by atoms with Crippen molar-refractivity contribution in [1.29, 1.82) is 0 Å². The highest BCUT2D eigenvalue weighted by molar-refractivity contribution is 6.31. The molecule has 0 bridgehead atoms. The number of nitrogens with one attached hydrogen (secondary N) is 1. The third kappa shape index (κ3) is 9.26. The Bertz CT molecular complexity index is 1750. The summed E-state index contributed by atoms with van der Waals surface area (Å²) in [6.45, 7) is 4.67. The molecule has 254 valence electrons. The number of aliphatic hydroxyl groups excluding tert-OH is 1. The van der Waals surface area contributed by atoms with E-state index in [1.165, 1.54) is 29.5 Å². The maximum atomic E-state index is 14.7. The number of aliphatic carboxylic acids is 1. The second-order valence-corrected chi connectivity index (χ2v) is 13.2. The van der Waals surface area contributed by atoms with Gasteiger partial charge in [-0.25, -0.2) is 4.39 Å². The highest BCUT2D eigenvalue weighted by atomic mass is 35.5. The number of carbonyl (C=O) groups is 1. The van der Waals surface area contributed by atoms with Crippen molar-refractivity contribution in [2.45, 2.75) is 65.0 Å². The molecular formula is C38H41Cl2FN2O5. The van der Waals surface area contributed by atoms with Gasteiger partial charge in [-0.05, 0) is 121 Å². The smallest absolute Gasteiger partial charge is 0.323 e. The van der Waals surface area contributed by atoms with E-state index in [-0.39, 0.29) is 11.6 Å². The van der Waals surface area contributed by atoms with Crippen LogP contribution in [0.3, 0.4) is 0 Å². The average molecular weight is 696 g/mol. The minimum atomic E-state index is -1.07. The molecule has 0 amide bonds. The van der Waals surface area contributed by atoms with Crippen LogP contribution < -0.4 is 14.8 Å². The molecule has 7 rings (SSSR count). The molecule has 1 aliphatic heterocycles. The van der Waals surface area contributed by atoms with Crippen LogP contribution in [0.15, 0.2) is 60.9 Å². The molecule has 1 aromatic heterocycles. The van der Waals surface area contributed by atoms with Gasteiger partial charge >= 0.3 is 5.97 Å². The van der Waals surface area contributed by atoms with Crippen LogP contribution in [0, 0.1) is 25.6 Å². The van der Waals surface area contributed by atoms with Gasteiger partial charge in [0.15, 0.2) is 17.3 Å². The number of hydrogen-bond donors (Lipinski definition) is 3. The quantitative estimate of drug-likeness (QED) is 0.172. The number of pyridine rings is 1. The zero-order chi connectivity index (χ0) is 34.2. The van der Waals surface area contributed by atoms with Gasteiger partial charge in [-0.3, -0.25) is 15.1 Å². The molecule has 1 atom stereocenters. The fourth-order valence-electron chi connectivity index (χ4n) is 5.91. The first kappa shape index (κ1) is 35.6. The summed E-state index contributed by atoms with van der Waals surface area (Å²) in [5.41, 5.74) is 8.48. The van der Waals surface area contributed by atoms with Crippen molar-refractivity contribution in [3.05, 3.63) is 110 Å². The fraction of sp³-hybridized carbons (Fsp3) is 0.368. The summed E-state index contributed by atoms with van der Waals surface area (Å²) < 4.78 is 25.6. The number of aliphatic hydroxyl groups is 1. The minimum absolute atomic E-state index is 0.254. The van der Waals surface area contributed by atoms with E-state index in [1.807, 2.05) is 50.4 Å². The number of aryl methyl sites for hydroxylation is 3. The summed E-state index contributed by atoms with van der Waals surface area (Å²) in [7, 11) is 0. The predicted molar refractivity (Wildman–Crippen MR) is 187 cm³/mol. The highest BCUT2D eigenvalue weighted by Crippen LogP contribution is 2.41. The molecule has 2 aliphatic carbocycles. The van der Waals surface area contributed by atoms with E-state index >= 15 is 0 Å². The lowest BCUT2D eigenvalue weighted by atomic mass is 9.96. The van der Waals surface area contributed by atoms with E-state index in [2.05, 4.69) is 16.4 Å². The summed E-state index contributed by atoms with van der Waals surface area (Å²) in [5.74, 6) is 0.301. The van der Waals surface area contributed by atoms with Crippen molar-refractivity contribution in [2.24, 2.45) is 5.92 Å². The molecule has 1 unspecified atom stereocenters. The zero-order valence-electron chi connectivity index (χ0n) is 27.2. The molecule has 3 aromatic carbocycles. The van der Waals surface area contributed by atoms with Crippen LogP contribution in [-0.2, 0) is 30.6 Å². The first-order chi connectivity index (χ1) is 23.1. The molecule has 0 spiro atoms. The number of carboxylic acid groups (broad SMARTS) is 1. The molecule has 4 aromatic rings. The normalized spacial score (nSPS) is 15.0. The Morgan fingerprint density at radius 1 is 1.02 bits per heavy atom. The van der Waals surface area contributed by atoms with E-state index in [0.717, 1.165) is 58.9 Å². The number of ether oxygens (including phenoxy) is 2. The van der Waals surface area contributed by atoms with Gasteiger partial charge in [0.2, 0.25) is 0 Å². The Morgan fingerprint density at radius 3 is 2.54 bits per heavy atom. The number of benzene rings is 3. The number of fused-ring (bicyclic) bond motifs is 2. The predicted octanol–water partition coefficient (Wildman–Crippen LogP) is 7.93. The maximum Gasteiger partial charge on any atom is 0.323 e. The van der Waals surface area contributed by atoms with Gasteiger partial charge < -0.3 is 19.7 Å². The summed E-state index contributed by atoms with van der Waals surface area (Å²) in [6, 6.07) is 14.6. The SMILES string of the molecule is Cc1cc(C)c(CNC(CO)C(=O)O)cc1Cl.Clc1cncc(CC2CC2)c1.Fc1c(-c2cccc3c2CCC3)ccc2c1OCCO2. The number of carboxylic acids is 1. The molecule has 10 heteroatoms. The van der Waals surface area contributed by atoms with E-state index in [4.69, 9.17) is 42.9 Å². The Kier molecular flexibility index (Phi) is 12.3. The lowest BCUT2D eigenvalue weighted by Crippen LogP contribution is -2.39. The Hall–Kier alpha value is -3.69. The van der Waals surface area contributed by atoms with E-state index in [9.17, 15) is 9.18 Å². The second-order valence-electron chi connectivity index (χ2n) is 12.4. The van der Waals surface area contributed by atoms with Crippen LogP contribution in [0.1, 0.15) is 52.6 Å². The van der Waals surface area contributed by atoms with Crippen molar-refractivity contribution in [3.63, 3.8) is 0 Å². The third-order valence-electron chi connectivity index (χ3n) is 8.70. The summed E-state index contributed by atoms with van der Waals surface area (Å²) >= 11 is 11.8. The molecule has 3 N–H and O–H groups in total. The molecule has 48 heavy (non-hydrogen) atoms. The van der Waals surface area contributed by atoms with E-state index in [0.29, 0.717) is 36.1 Å². The van der Waals surface area contributed by atoms with Gasteiger partial charge in [-0.15, -0.1) is 0 Å². The van der Waals surface area contributed by atoms with Crippen molar-refractivity contribution < 1.29 is 28.9 Å². The molecule has 3 aliphatic rings. The maximum absolute atomic E-state index is 14.7. The summed E-state index contributed by atoms with van der Waals surface area (Å²) in [5, 5.41) is 21.8. The standard InChI is InChI=1S/C17H15FO2.C12H16ClNO3.C9H10ClN/c18-16-14(7-8-15-17(16)20-10-9-19-15)13-6-2-4-11-3-1-5-12(11)13;1-7-3-8(2)10(13)4-9(7)5-14-11(6-15)12(16)17;10-9-4-8(5-11-6-9)3-7-1-2-7/h2,4,6-8H,1,3,5,9-10H2;3-4,11,14-15H,5-6H2,1-2H3,(H,16,17);4-7H,1-3H2. The zero-order valence-corrected chi connectivity index (χ0v) is 28.7. The first-order valence-electron chi connectivity index (χ1n) is 16.3. The fourth-order valence-corrected chi connectivity index (χ4v) is 6.29. The number of hydrogen-bond acceptors (Lipinski definition) is 6. The van der Waals surface area contributed by atoms with E-state index < -0.39 is 18.6 Å². The lowest BCUT2D eigenvalue weighted by molar-refractivity contribution is -0.140. The average Bonchev–Trinajstić information content (AvgIpc) is 3.75. The number of halogens is 3. The first-order valence-corrected chi connectivity index (χ1v) is 17.0. The summed E-state index contributed by atoms with van der Waals surface area (Å²) in [6.07, 6.45) is 10.8. The van der Waals surface area contributed by atoms with Crippen LogP contribution in [-0.4, -0.2) is 47.0 Å². The molecule has 1 fully saturated rings. The molecule has 2 heterocycles. The van der Waals surface area contributed by atoms with Gasteiger partial charge in [-0.2, -0.15) is 0 Å². The lowest BCUT2D eigenvalue weighted by Gasteiger charge is -2.20. The number of nitrogens with zero attached hydrogens (tertiary/aromatic N) is 1. The topological polar surface area (TPSA) is 101 Å². The minimum Gasteiger partial charge on any atom is -0.486 e. The third-order valence-corrected chi connectivity index (χ3v) is 9.32. The summed E-state index contributed by atoms with van der Waals surface area (Å²) in [4.78, 5) is 14.7. The van der Waals surface area contributed by atoms with Gasteiger partial charge in [-0.1, -0.05) is 47.5 Å². The van der Waals surface area contributed by atoms with Crippen LogP contribution in [0.5, 0.6) is 11.5 Å². The van der Waals surface area contributed by atoms with Crippen molar-refractivity contribution in [1.82, 2.24) is 10.3 Å². The largest absolute Gasteiger partial charge is 0.486 e.